The van der Waals surface area contributed by atoms with Crippen LogP contribution in [0.15, 0.2) is 24.3 Å². The molecule has 0 aromatic heterocycles. The zero-order valence-electron chi connectivity index (χ0n) is 43.4. The summed E-state index contributed by atoms with van der Waals surface area (Å²) in [6, 6.07) is -1.52. The molecule has 2 saturated carbocycles. The first-order valence-corrected chi connectivity index (χ1v) is 23.3. The number of nitrogens with one attached hydrogen (secondary N) is 4. The molecule has 0 aromatic carbocycles. The van der Waals surface area contributed by atoms with E-state index >= 15 is 0 Å². The standard InChI is InChI=1S/C46H62F16N4O12/c1-25(2)29(67)73-11-13-75-33(71)65-27-15-35(5,6)19-37(9,17-27)21-63-31(69)77-23-39(47,48)41(51,52)43(55,56)45(59,60)46(61,62)44(57,58)42(53,54)40(49,50)24-78-32(70)64-22-38(10)18-28(16-36(7,8)20-38)66-34(72)76-14-12-74-30(68)26(3)4/h27-28H,1,3,11-24H2,2,4-10H3,(H,63,69)(H,64,70)(H,65,71)(H,66,72). The van der Waals surface area contributed by atoms with Crippen LogP contribution in [0.3, 0.4) is 0 Å². The number of carbonyl (C=O) groups excluding carboxylic acids is 6. The molecule has 2 aliphatic rings. The number of alkyl halides is 16. The number of ether oxygens (including phenoxy) is 6. The van der Waals surface area contributed by atoms with Gasteiger partial charge in [-0.2, -0.15) is 70.2 Å². The maximum atomic E-state index is 14.7. The molecule has 4 amide bonds. The fourth-order valence-electron chi connectivity index (χ4n) is 9.36. The summed E-state index contributed by atoms with van der Waals surface area (Å²) in [6.07, 6.45) is -5.70. The normalized spacial score (nSPS) is 22.2. The Balaban J connectivity index is 2.12. The molecule has 4 N–H and O–H groups in total. The molecule has 2 rings (SSSR count). The highest BCUT2D eigenvalue weighted by Crippen LogP contribution is 2.64. The van der Waals surface area contributed by atoms with Gasteiger partial charge in [-0.15, -0.1) is 0 Å². The minimum Gasteiger partial charge on any atom is -0.459 e. The van der Waals surface area contributed by atoms with Crippen LogP contribution < -0.4 is 21.3 Å². The van der Waals surface area contributed by atoms with Gasteiger partial charge in [0.15, 0.2) is 13.2 Å². The minimum atomic E-state index is -8.79. The van der Waals surface area contributed by atoms with Crippen LogP contribution in [0.2, 0.25) is 0 Å². The molecule has 0 heterocycles. The van der Waals surface area contributed by atoms with Crippen LogP contribution in [0, 0.1) is 21.7 Å². The van der Waals surface area contributed by atoms with Crippen molar-refractivity contribution in [2.45, 2.75) is 153 Å². The summed E-state index contributed by atoms with van der Waals surface area (Å²) in [6.45, 7) is 9.33. The van der Waals surface area contributed by atoms with Crippen molar-refractivity contribution < 1.29 is 127 Å². The molecule has 0 radical (unpaired) electrons. The van der Waals surface area contributed by atoms with Crippen molar-refractivity contribution >= 4 is 36.3 Å². The first-order valence-electron chi connectivity index (χ1n) is 23.3. The van der Waals surface area contributed by atoms with Crippen LogP contribution >= 0.6 is 0 Å². The largest absolute Gasteiger partial charge is 0.459 e. The van der Waals surface area contributed by atoms with E-state index in [0.717, 1.165) is 0 Å². The molecule has 0 saturated heterocycles. The van der Waals surface area contributed by atoms with Crippen molar-refractivity contribution in [2.75, 3.05) is 52.7 Å². The highest BCUT2D eigenvalue weighted by molar-refractivity contribution is 5.87. The lowest BCUT2D eigenvalue weighted by molar-refractivity contribution is -0.454. The van der Waals surface area contributed by atoms with Gasteiger partial charge in [0.2, 0.25) is 0 Å². The SMILES string of the molecule is C=C(C)C(=O)OCCOC(=O)NC1CC(C)(C)CC(C)(CNC(=O)OCC(F)(F)C(F)(F)C(F)(F)C(F)(F)C(F)(F)C(F)(F)C(F)(F)C(F)(F)COC(=O)NCC2(C)CC(NC(=O)OCCOC(=O)C(=C)C)CC(C)(C)C2)C1. The lowest BCUT2D eigenvalue weighted by atomic mass is 9.62. The Kier molecular flexibility index (Phi) is 21.4. The third-order valence-electron chi connectivity index (χ3n) is 12.3. The highest BCUT2D eigenvalue weighted by atomic mass is 19.4. The van der Waals surface area contributed by atoms with Gasteiger partial charge in [0.25, 0.3) is 0 Å². The topological polar surface area (TPSA) is 206 Å². The van der Waals surface area contributed by atoms with Gasteiger partial charge in [0, 0.05) is 36.3 Å². The number of carbonyl (C=O) groups is 6. The van der Waals surface area contributed by atoms with Crippen molar-refractivity contribution in [1.29, 1.82) is 0 Å². The smallest absolute Gasteiger partial charge is 0.407 e. The Labute approximate surface area is 436 Å². The Hall–Kier alpha value is -5.62. The third-order valence-corrected chi connectivity index (χ3v) is 12.3. The Morgan fingerprint density at radius 1 is 0.423 bits per heavy atom. The number of esters is 2. The van der Waals surface area contributed by atoms with E-state index in [1.54, 1.807) is 38.3 Å². The van der Waals surface area contributed by atoms with Crippen molar-refractivity contribution in [2.24, 2.45) is 21.7 Å². The number of hydrogen-bond donors (Lipinski definition) is 4. The quantitative estimate of drug-likeness (QED) is 0.0222. The van der Waals surface area contributed by atoms with E-state index in [-0.39, 0.29) is 62.9 Å². The average Bonchev–Trinajstić information content (AvgIpc) is 3.27. The summed E-state index contributed by atoms with van der Waals surface area (Å²) in [5.74, 6) is -66.3. The number of amides is 4. The van der Waals surface area contributed by atoms with Gasteiger partial charge in [-0.1, -0.05) is 54.7 Å². The van der Waals surface area contributed by atoms with Gasteiger partial charge in [-0.3, -0.25) is 0 Å². The molecule has 4 atom stereocenters. The third kappa shape index (κ3) is 16.5. The Morgan fingerprint density at radius 3 is 0.974 bits per heavy atom. The van der Waals surface area contributed by atoms with Gasteiger partial charge in [-0.25, -0.2) is 28.8 Å². The molecule has 2 aliphatic carbocycles. The van der Waals surface area contributed by atoms with E-state index in [4.69, 9.17) is 18.9 Å². The molecule has 0 spiro atoms. The summed E-state index contributed by atoms with van der Waals surface area (Å²) in [5, 5.41) is 8.56. The van der Waals surface area contributed by atoms with E-state index in [2.05, 4.69) is 33.3 Å². The van der Waals surface area contributed by atoms with Gasteiger partial charge >= 0.3 is 83.7 Å². The predicted octanol–water partition coefficient (Wildman–Crippen LogP) is 10.4. The van der Waals surface area contributed by atoms with Crippen LogP contribution in [-0.2, 0) is 38.0 Å². The summed E-state index contributed by atoms with van der Waals surface area (Å²) >= 11 is 0. The molecule has 0 aromatic rings. The average molecular weight is 1170 g/mol. The van der Waals surface area contributed by atoms with Crippen molar-refractivity contribution in [1.82, 2.24) is 21.3 Å². The molecule has 4 unspecified atom stereocenters. The maximum absolute atomic E-state index is 14.7. The van der Waals surface area contributed by atoms with E-state index in [0.29, 0.717) is 0 Å². The molecule has 78 heavy (non-hydrogen) atoms. The van der Waals surface area contributed by atoms with Crippen LogP contribution in [-0.4, -0.2) is 149 Å². The number of alkyl carbamates (subject to hydrolysis) is 4. The van der Waals surface area contributed by atoms with Crippen LogP contribution in [0.1, 0.15) is 93.9 Å². The number of rotatable bonds is 25. The molecule has 2 fully saturated rings. The fraction of sp³-hybridized carbons (Fsp3) is 0.783. The molecule has 0 bridgehead atoms. The van der Waals surface area contributed by atoms with E-state index in [1.165, 1.54) is 27.7 Å². The maximum Gasteiger partial charge on any atom is 0.407 e. The number of halogens is 16. The lowest BCUT2D eigenvalue weighted by Crippen LogP contribution is -2.75. The van der Waals surface area contributed by atoms with Gasteiger partial charge in [0.1, 0.15) is 26.4 Å². The summed E-state index contributed by atoms with van der Waals surface area (Å²) in [5.41, 5.74) is -3.60. The predicted molar refractivity (Wildman–Crippen MR) is 238 cm³/mol. The summed E-state index contributed by atoms with van der Waals surface area (Å²) in [4.78, 5) is 72.3. The van der Waals surface area contributed by atoms with E-state index in [9.17, 15) is 99.0 Å². The minimum absolute atomic E-state index is 0.0545. The summed E-state index contributed by atoms with van der Waals surface area (Å²) < 4.78 is 262. The van der Waals surface area contributed by atoms with Crippen LogP contribution in [0.25, 0.3) is 0 Å². The fourth-order valence-corrected chi connectivity index (χ4v) is 9.36. The second-order valence-corrected chi connectivity index (χ2v) is 21.6. The van der Waals surface area contributed by atoms with Gasteiger partial charge in [0.05, 0.1) is 0 Å². The zero-order valence-corrected chi connectivity index (χ0v) is 43.4. The summed E-state index contributed by atoms with van der Waals surface area (Å²) in [7, 11) is 0. The van der Waals surface area contributed by atoms with Gasteiger partial charge < -0.3 is 49.7 Å². The van der Waals surface area contributed by atoms with Crippen molar-refractivity contribution in [3.05, 3.63) is 24.3 Å². The molecule has 450 valence electrons. The van der Waals surface area contributed by atoms with Gasteiger partial charge in [-0.05, 0) is 74.0 Å². The second-order valence-electron chi connectivity index (χ2n) is 21.6. The zero-order chi connectivity index (χ0) is 60.7. The van der Waals surface area contributed by atoms with Crippen molar-refractivity contribution in [3.8, 4) is 0 Å². The second kappa shape index (κ2) is 24.4. The lowest BCUT2D eigenvalue weighted by Gasteiger charge is -2.46. The Bertz CT molecular complexity index is 2070. The number of hydrogen-bond acceptors (Lipinski definition) is 12. The Morgan fingerprint density at radius 2 is 0.692 bits per heavy atom. The molecular weight excluding hydrogens is 1100 g/mol. The first-order chi connectivity index (χ1) is 35.0. The van der Waals surface area contributed by atoms with E-state index in [1.807, 2.05) is 0 Å². The van der Waals surface area contributed by atoms with Crippen LogP contribution in [0.5, 0.6) is 0 Å². The first kappa shape index (κ1) is 68.5. The highest BCUT2D eigenvalue weighted by Gasteiger charge is 2.95. The van der Waals surface area contributed by atoms with Crippen molar-refractivity contribution in [3.63, 3.8) is 0 Å². The molecular formula is C46H62F16N4O12. The molecule has 32 heteroatoms. The molecule has 16 nitrogen and oxygen atoms in total. The molecule has 0 aliphatic heterocycles. The van der Waals surface area contributed by atoms with Crippen LogP contribution in [0.4, 0.5) is 89.4 Å². The monoisotopic (exact) mass is 1170 g/mol. The van der Waals surface area contributed by atoms with E-state index < -0.39 is 157 Å².